The van der Waals surface area contributed by atoms with E-state index in [9.17, 15) is 0 Å². The van der Waals surface area contributed by atoms with Gasteiger partial charge in [0.15, 0.2) is 0 Å². The Morgan fingerprint density at radius 3 is 2.29 bits per heavy atom. The molecular formula is C13H27P. The first-order valence-electron chi connectivity index (χ1n) is 6.49. The van der Waals surface area contributed by atoms with E-state index in [4.69, 9.17) is 0 Å². The molecule has 0 aliphatic heterocycles. The van der Waals surface area contributed by atoms with Crippen molar-refractivity contribution in [2.75, 3.05) is 0 Å². The Bertz CT molecular complexity index is 136. The van der Waals surface area contributed by atoms with Crippen molar-refractivity contribution in [1.29, 1.82) is 0 Å². The molecule has 1 aliphatic carbocycles. The van der Waals surface area contributed by atoms with Gasteiger partial charge in [0.25, 0.3) is 0 Å². The van der Waals surface area contributed by atoms with Gasteiger partial charge in [-0.3, -0.25) is 0 Å². The van der Waals surface area contributed by atoms with Gasteiger partial charge < -0.3 is 0 Å². The maximum absolute atomic E-state index is 2.93. The Labute approximate surface area is 92.4 Å². The lowest BCUT2D eigenvalue weighted by Crippen LogP contribution is -2.18. The second-order valence-corrected chi connectivity index (χ2v) is 6.26. The predicted octanol–water partition coefficient (Wildman–Crippen LogP) is 4.64. The first-order chi connectivity index (χ1) is 6.74. The van der Waals surface area contributed by atoms with E-state index in [-0.39, 0.29) is 0 Å². The maximum atomic E-state index is 2.93. The fraction of sp³-hybridized carbons (Fsp3) is 1.00. The van der Waals surface area contributed by atoms with E-state index in [2.05, 4.69) is 23.1 Å². The molecule has 0 aromatic rings. The minimum Gasteiger partial charge on any atom is -0.135 e. The van der Waals surface area contributed by atoms with Crippen molar-refractivity contribution >= 4 is 9.24 Å². The monoisotopic (exact) mass is 214 g/mol. The number of hydrogen-bond donors (Lipinski definition) is 0. The Balaban J connectivity index is 2.28. The van der Waals surface area contributed by atoms with Crippen LogP contribution in [0.25, 0.3) is 0 Å². The van der Waals surface area contributed by atoms with Crippen molar-refractivity contribution in [2.45, 2.75) is 70.9 Å². The normalized spacial score (nSPS) is 23.4. The van der Waals surface area contributed by atoms with Gasteiger partial charge in [-0.2, -0.15) is 0 Å². The fourth-order valence-electron chi connectivity index (χ4n) is 2.86. The summed E-state index contributed by atoms with van der Waals surface area (Å²) < 4.78 is 0. The van der Waals surface area contributed by atoms with Gasteiger partial charge in [0, 0.05) is 0 Å². The zero-order valence-electron chi connectivity index (χ0n) is 9.97. The van der Waals surface area contributed by atoms with Crippen molar-refractivity contribution in [3.8, 4) is 0 Å². The highest BCUT2D eigenvalue weighted by atomic mass is 31.0. The standard InChI is InChI=1S/C13H27P/c1-3-12(10-9-11(2)14)13-7-5-4-6-8-13/h11-13H,3-10,14H2,1-2H3. The summed E-state index contributed by atoms with van der Waals surface area (Å²) in [6.07, 6.45) is 11.8. The lowest BCUT2D eigenvalue weighted by atomic mass is 9.77. The first-order valence-corrected chi connectivity index (χ1v) is 7.16. The third-order valence-electron chi connectivity index (χ3n) is 3.83. The minimum absolute atomic E-state index is 0.813. The zero-order valence-corrected chi connectivity index (χ0v) is 11.1. The Hall–Kier alpha value is 0.430. The highest BCUT2D eigenvalue weighted by molar-refractivity contribution is 7.17. The van der Waals surface area contributed by atoms with E-state index in [1.54, 1.807) is 0 Å². The topological polar surface area (TPSA) is 0 Å². The molecule has 0 nitrogen and oxygen atoms in total. The first kappa shape index (κ1) is 12.5. The molecule has 0 aromatic heterocycles. The maximum Gasteiger partial charge on any atom is -0.0293 e. The van der Waals surface area contributed by atoms with E-state index in [1.165, 1.54) is 51.4 Å². The summed E-state index contributed by atoms with van der Waals surface area (Å²) in [5.41, 5.74) is 0.813. The van der Waals surface area contributed by atoms with Crippen LogP contribution in [0.4, 0.5) is 0 Å². The van der Waals surface area contributed by atoms with Gasteiger partial charge in [-0.25, -0.2) is 0 Å². The molecule has 84 valence electrons. The molecule has 0 aromatic carbocycles. The van der Waals surface area contributed by atoms with E-state index in [1.807, 2.05) is 0 Å². The molecule has 0 heterocycles. The predicted molar refractivity (Wildman–Crippen MR) is 68.8 cm³/mol. The second-order valence-electron chi connectivity index (χ2n) is 5.12. The largest absolute Gasteiger partial charge is 0.135 e. The average Bonchev–Trinajstić information content (AvgIpc) is 2.20. The van der Waals surface area contributed by atoms with Crippen molar-refractivity contribution in [3.05, 3.63) is 0 Å². The Kier molecular flexibility index (Phi) is 6.10. The third kappa shape index (κ3) is 4.30. The van der Waals surface area contributed by atoms with Crippen molar-refractivity contribution in [2.24, 2.45) is 11.8 Å². The quantitative estimate of drug-likeness (QED) is 0.585. The van der Waals surface area contributed by atoms with Crippen LogP contribution < -0.4 is 0 Å². The fourth-order valence-corrected chi connectivity index (χ4v) is 3.05. The molecular weight excluding hydrogens is 187 g/mol. The van der Waals surface area contributed by atoms with Crippen LogP contribution in [0.1, 0.15) is 65.2 Å². The second kappa shape index (κ2) is 6.83. The Morgan fingerprint density at radius 1 is 1.14 bits per heavy atom. The molecule has 1 aliphatic rings. The summed E-state index contributed by atoms with van der Waals surface area (Å²) in [6.45, 7) is 4.70. The van der Waals surface area contributed by atoms with E-state index < -0.39 is 0 Å². The summed E-state index contributed by atoms with van der Waals surface area (Å²) in [6, 6.07) is 0. The van der Waals surface area contributed by atoms with Crippen LogP contribution in [-0.4, -0.2) is 5.66 Å². The molecule has 3 atom stereocenters. The van der Waals surface area contributed by atoms with Crippen LogP contribution in [-0.2, 0) is 0 Å². The van der Waals surface area contributed by atoms with Gasteiger partial charge in [-0.15, -0.1) is 9.24 Å². The Morgan fingerprint density at radius 2 is 1.79 bits per heavy atom. The van der Waals surface area contributed by atoms with Gasteiger partial charge in [0.1, 0.15) is 0 Å². The summed E-state index contributed by atoms with van der Waals surface area (Å²) in [5.74, 6) is 2.09. The summed E-state index contributed by atoms with van der Waals surface area (Å²) in [4.78, 5) is 0. The van der Waals surface area contributed by atoms with Gasteiger partial charge in [-0.1, -0.05) is 52.4 Å². The molecule has 3 unspecified atom stereocenters. The smallest absolute Gasteiger partial charge is 0.0293 e. The molecule has 0 amide bonds. The molecule has 1 heteroatoms. The summed E-state index contributed by atoms with van der Waals surface area (Å²) >= 11 is 0. The lowest BCUT2D eigenvalue weighted by Gasteiger charge is -2.30. The van der Waals surface area contributed by atoms with Crippen LogP contribution in [0.3, 0.4) is 0 Å². The SMILES string of the molecule is CCC(CCC(C)P)C1CCCCC1. The number of hydrogen-bond acceptors (Lipinski definition) is 0. The van der Waals surface area contributed by atoms with Crippen LogP contribution in [0, 0.1) is 11.8 Å². The van der Waals surface area contributed by atoms with Crippen LogP contribution >= 0.6 is 9.24 Å². The molecule has 1 fully saturated rings. The van der Waals surface area contributed by atoms with Gasteiger partial charge in [0.2, 0.25) is 0 Å². The van der Waals surface area contributed by atoms with E-state index >= 15 is 0 Å². The van der Waals surface area contributed by atoms with E-state index in [0.717, 1.165) is 17.5 Å². The minimum atomic E-state index is 0.813. The number of rotatable bonds is 5. The molecule has 0 spiro atoms. The lowest BCUT2D eigenvalue weighted by molar-refractivity contribution is 0.227. The molecule has 0 N–H and O–H groups in total. The van der Waals surface area contributed by atoms with Gasteiger partial charge in [0.05, 0.1) is 0 Å². The molecule has 0 saturated heterocycles. The summed E-state index contributed by atoms with van der Waals surface area (Å²) in [5, 5.41) is 0. The summed E-state index contributed by atoms with van der Waals surface area (Å²) in [7, 11) is 2.93. The van der Waals surface area contributed by atoms with Crippen molar-refractivity contribution in [1.82, 2.24) is 0 Å². The van der Waals surface area contributed by atoms with Crippen LogP contribution in [0.2, 0.25) is 0 Å². The zero-order chi connectivity index (χ0) is 10.4. The molecule has 0 radical (unpaired) electrons. The average molecular weight is 214 g/mol. The highest BCUT2D eigenvalue weighted by Crippen LogP contribution is 2.34. The molecule has 0 bridgehead atoms. The molecule has 1 rings (SSSR count). The van der Waals surface area contributed by atoms with Crippen molar-refractivity contribution < 1.29 is 0 Å². The van der Waals surface area contributed by atoms with Crippen LogP contribution in [0.15, 0.2) is 0 Å². The van der Waals surface area contributed by atoms with Crippen molar-refractivity contribution in [3.63, 3.8) is 0 Å². The molecule has 14 heavy (non-hydrogen) atoms. The van der Waals surface area contributed by atoms with Gasteiger partial charge in [-0.05, 0) is 30.3 Å². The van der Waals surface area contributed by atoms with E-state index in [0.29, 0.717) is 0 Å². The highest BCUT2D eigenvalue weighted by Gasteiger charge is 2.21. The molecule has 1 saturated carbocycles. The van der Waals surface area contributed by atoms with Gasteiger partial charge >= 0.3 is 0 Å². The third-order valence-corrected chi connectivity index (χ3v) is 4.17. The van der Waals surface area contributed by atoms with Crippen LogP contribution in [0.5, 0.6) is 0 Å².